The Kier molecular flexibility index (Phi) is 8.56. The zero-order chi connectivity index (χ0) is 31.0. The number of nitrogens with zero attached hydrogens (tertiary/aromatic N) is 4. The zero-order valence-corrected chi connectivity index (χ0v) is 26.1. The maximum atomic E-state index is 14.8. The largest absolute Gasteiger partial charge is 0.394 e. The summed E-state index contributed by atoms with van der Waals surface area (Å²) >= 11 is 1.58. The number of hydrogen-bond acceptors (Lipinski definition) is 7. The summed E-state index contributed by atoms with van der Waals surface area (Å²) in [6.07, 6.45) is 8.17. The van der Waals surface area contributed by atoms with Crippen molar-refractivity contribution in [2.24, 2.45) is 11.8 Å². The first-order valence-electron chi connectivity index (χ1n) is 15.9. The molecule has 2 aromatic rings. The predicted molar refractivity (Wildman–Crippen MR) is 172 cm³/mol. The summed E-state index contributed by atoms with van der Waals surface area (Å²) in [6.45, 7) is 5.29. The number of thioether (sulfide) groups is 1. The van der Waals surface area contributed by atoms with E-state index in [0.717, 1.165) is 30.8 Å². The SMILES string of the molecule is O=C1C2N([C@H](CO)c3ccccc3)C(=O)[C@@H]3[C@@H]4C(=O)N(Cc5ccccc5)CC=C[C@@H]4S[C@]23C=CCN1CCN1CCOCC1. The fourth-order valence-corrected chi connectivity index (χ4v) is 9.77. The van der Waals surface area contributed by atoms with Gasteiger partial charge in [-0.15, -0.1) is 11.8 Å². The Bertz CT molecular complexity index is 1460. The number of carbonyl (C=O) groups is 3. The van der Waals surface area contributed by atoms with E-state index in [9.17, 15) is 19.5 Å². The molecule has 1 N–H and O–H groups in total. The van der Waals surface area contributed by atoms with Crippen molar-refractivity contribution in [3.8, 4) is 0 Å². The van der Waals surface area contributed by atoms with Crippen molar-refractivity contribution >= 4 is 29.5 Å². The first-order chi connectivity index (χ1) is 22.0. The second-order valence-corrected chi connectivity index (χ2v) is 14.0. The van der Waals surface area contributed by atoms with Gasteiger partial charge in [-0.05, 0) is 11.1 Å². The maximum absolute atomic E-state index is 14.8. The number of benzene rings is 2. The van der Waals surface area contributed by atoms with Crippen LogP contribution in [0.1, 0.15) is 17.2 Å². The molecular weight excluding hydrogens is 588 g/mol. The quantitative estimate of drug-likeness (QED) is 0.449. The van der Waals surface area contributed by atoms with Crippen LogP contribution in [0.3, 0.4) is 0 Å². The fraction of sp³-hybridized carbons (Fsp3) is 0.457. The maximum Gasteiger partial charge on any atom is 0.247 e. The van der Waals surface area contributed by atoms with E-state index in [-0.39, 0.29) is 29.6 Å². The van der Waals surface area contributed by atoms with Crippen LogP contribution >= 0.6 is 11.8 Å². The van der Waals surface area contributed by atoms with Crippen LogP contribution in [0, 0.1) is 11.8 Å². The first-order valence-corrected chi connectivity index (χ1v) is 16.8. The number of morpholine rings is 1. The summed E-state index contributed by atoms with van der Waals surface area (Å²) in [5, 5.41) is 10.6. The van der Waals surface area contributed by atoms with Gasteiger partial charge in [-0.25, -0.2) is 0 Å². The van der Waals surface area contributed by atoms with E-state index in [4.69, 9.17) is 4.74 Å². The van der Waals surface area contributed by atoms with Crippen LogP contribution in [0.2, 0.25) is 0 Å². The Labute approximate surface area is 268 Å². The highest BCUT2D eigenvalue weighted by atomic mass is 32.2. The number of amides is 3. The number of likely N-dealkylation sites (tertiary alicyclic amines) is 1. The molecule has 0 radical (unpaired) electrons. The molecule has 10 heteroatoms. The second kappa shape index (κ2) is 12.7. The average Bonchev–Trinajstić information content (AvgIpc) is 3.40. The molecule has 0 saturated carbocycles. The van der Waals surface area contributed by atoms with E-state index in [0.29, 0.717) is 39.4 Å². The summed E-state index contributed by atoms with van der Waals surface area (Å²) in [7, 11) is 0. The lowest BCUT2D eigenvalue weighted by Crippen LogP contribution is -2.55. The third-order valence-electron chi connectivity index (χ3n) is 9.96. The van der Waals surface area contributed by atoms with Crippen LogP contribution in [0.5, 0.6) is 0 Å². The molecule has 9 nitrogen and oxygen atoms in total. The summed E-state index contributed by atoms with van der Waals surface area (Å²) in [5.74, 6) is -1.78. The smallest absolute Gasteiger partial charge is 0.247 e. The minimum atomic E-state index is -0.935. The zero-order valence-electron chi connectivity index (χ0n) is 25.3. The molecule has 45 heavy (non-hydrogen) atoms. The van der Waals surface area contributed by atoms with Crippen molar-refractivity contribution in [2.75, 3.05) is 59.1 Å². The highest BCUT2D eigenvalue weighted by Crippen LogP contribution is 2.62. The van der Waals surface area contributed by atoms with Gasteiger partial charge in [0.15, 0.2) is 0 Å². The van der Waals surface area contributed by atoms with Gasteiger partial charge in [0.25, 0.3) is 0 Å². The topological polar surface area (TPSA) is 93.6 Å². The fourth-order valence-electron chi connectivity index (χ4n) is 7.77. The predicted octanol–water partition coefficient (Wildman–Crippen LogP) is 2.35. The van der Waals surface area contributed by atoms with Gasteiger partial charge in [-0.2, -0.15) is 0 Å². The van der Waals surface area contributed by atoms with Crippen LogP contribution < -0.4 is 0 Å². The average molecular weight is 629 g/mol. The van der Waals surface area contributed by atoms with E-state index in [1.165, 1.54) is 0 Å². The number of aliphatic hydroxyl groups excluding tert-OH is 1. The Morgan fingerprint density at radius 2 is 1.58 bits per heavy atom. The standard InChI is InChI=1S/C35H40N4O5S/c40-24-27(26-11-5-2-6-12-26)39-31-34(43)37(18-17-36-19-21-44-22-20-36)16-8-14-35(31)30(33(39)42)29-28(45-35)13-7-15-38(32(29)41)23-25-9-3-1-4-10-25/h1-14,27-31,40H,15-24H2/t27-,28+,29-,30+,31?,35+/m1/s1. The lowest BCUT2D eigenvalue weighted by atomic mass is 9.78. The summed E-state index contributed by atoms with van der Waals surface area (Å²) in [5.41, 5.74) is 1.80. The van der Waals surface area contributed by atoms with Gasteiger partial charge >= 0.3 is 0 Å². The molecule has 5 heterocycles. The Balaban J connectivity index is 1.26. The van der Waals surface area contributed by atoms with Crippen LogP contribution in [0.15, 0.2) is 85.0 Å². The van der Waals surface area contributed by atoms with Gasteiger partial charge in [-0.1, -0.05) is 85.0 Å². The van der Waals surface area contributed by atoms with E-state index in [1.807, 2.05) is 88.7 Å². The molecule has 7 rings (SSSR count). The number of hydrogen-bond donors (Lipinski definition) is 1. The molecule has 1 unspecified atom stereocenters. The Hall–Kier alpha value is -3.44. The minimum Gasteiger partial charge on any atom is -0.394 e. The minimum absolute atomic E-state index is 0.0632. The van der Waals surface area contributed by atoms with Gasteiger partial charge in [0.1, 0.15) is 6.04 Å². The number of carbonyl (C=O) groups excluding carboxylic acids is 3. The molecule has 0 aliphatic carbocycles. The van der Waals surface area contributed by atoms with Gasteiger partial charge in [0.05, 0.1) is 42.4 Å². The summed E-state index contributed by atoms with van der Waals surface area (Å²) in [6, 6.07) is 17.8. The molecule has 1 spiro atoms. The van der Waals surface area contributed by atoms with Crippen molar-refractivity contribution in [1.29, 1.82) is 0 Å². The van der Waals surface area contributed by atoms with Crippen molar-refractivity contribution in [3.05, 3.63) is 96.1 Å². The third-order valence-corrected chi connectivity index (χ3v) is 11.7. The van der Waals surface area contributed by atoms with Gasteiger partial charge in [-0.3, -0.25) is 19.3 Å². The van der Waals surface area contributed by atoms with E-state index in [2.05, 4.69) is 11.0 Å². The summed E-state index contributed by atoms with van der Waals surface area (Å²) in [4.78, 5) is 51.6. The molecule has 2 aromatic carbocycles. The van der Waals surface area contributed by atoms with E-state index < -0.39 is 28.7 Å². The highest BCUT2D eigenvalue weighted by molar-refractivity contribution is 8.02. The number of fused-ring (bicyclic) bond motifs is 2. The van der Waals surface area contributed by atoms with Crippen LogP contribution in [-0.2, 0) is 25.7 Å². The lowest BCUT2D eigenvalue weighted by Gasteiger charge is -2.39. The summed E-state index contributed by atoms with van der Waals surface area (Å²) < 4.78 is 4.57. The molecule has 5 aliphatic rings. The number of ether oxygens (including phenoxy) is 1. The molecule has 5 aliphatic heterocycles. The molecule has 3 saturated heterocycles. The van der Waals surface area contributed by atoms with Crippen LogP contribution in [0.4, 0.5) is 0 Å². The van der Waals surface area contributed by atoms with E-state index in [1.54, 1.807) is 16.7 Å². The van der Waals surface area contributed by atoms with Crippen LogP contribution in [0.25, 0.3) is 0 Å². The lowest BCUT2D eigenvalue weighted by molar-refractivity contribution is -0.147. The van der Waals surface area contributed by atoms with Crippen molar-refractivity contribution in [3.63, 3.8) is 0 Å². The van der Waals surface area contributed by atoms with Gasteiger partial charge in [0.2, 0.25) is 17.7 Å². The molecule has 236 valence electrons. The van der Waals surface area contributed by atoms with Gasteiger partial charge in [0, 0.05) is 51.1 Å². The van der Waals surface area contributed by atoms with E-state index >= 15 is 0 Å². The first kappa shape index (κ1) is 30.2. The molecule has 0 aromatic heterocycles. The molecular formula is C35H40N4O5S. The number of rotatable bonds is 8. The normalized spacial score (nSPS) is 30.6. The van der Waals surface area contributed by atoms with Crippen molar-refractivity contribution < 1.29 is 24.2 Å². The van der Waals surface area contributed by atoms with Crippen molar-refractivity contribution in [2.45, 2.75) is 28.6 Å². The molecule has 3 amide bonds. The Morgan fingerprint density at radius 3 is 2.31 bits per heavy atom. The number of aliphatic hydroxyl groups is 1. The van der Waals surface area contributed by atoms with Gasteiger partial charge < -0.3 is 24.5 Å². The van der Waals surface area contributed by atoms with Crippen LogP contribution in [-0.4, -0.2) is 118 Å². The highest BCUT2D eigenvalue weighted by Gasteiger charge is 2.71. The molecule has 3 fully saturated rings. The third kappa shape index (κ3) is 5.41. The van der Waals surface area contributed by atoms with Crippen molar-refractivity contribution in [1.82, 2.24) is 19.6 Å². The molecule has 6 atom stereocenters. The second-order valence-electron chi connectivity index (χ2n) is 12.5. The Morgan fingerprint density at radius 1 is 0.867 bits per heavy atom. The monoisotopic (exact) mass is 628 g/mol. The molecule has 0 bridgehead atoms.